The first-order valence-electron chi connectivity index (χ1n) is 6.87. The van der Waals surface area contributed by atoms with E-state index in [-0.39, 0.29) is 5.91 Å². The van der Waals surface area contributed by atoms with Crippen molar-refractivity contribution in [1.82, 2.24) is 10.2 Å². The molecule has 2 aliphatic rings. The first-order valence-corrected chi connectivity index (χ1v) is 6.87. The monoisotopic (exact) mass is 240 g/mol. The van der Waals surface area contributed by atoms with Crippen molar-refractivity contribution < 1.29 is 9.53 Å². The van der Waals surface area contributed by atoms with Crippen LogP contribution in [-0.2, 0) is 9.53 Å². The fourth-order valence-corrected chi connectivity index (χ4v) is 2.93. The standard InChI is InChI=1S/C13H24N2O2/c1-2-17-8-5-13(16)15-6-3-11-9-14-10-12(11)4-7-15/h11-12,14H,2-10H2,1H3/t11-,12+. The van der Waals surface area contributed by atoms with Crippen LogP contribution >= 0.6 is 0 Å². The number of carbonyl (C=O) groups is 1. The van der Waals surface area contributed by atoms with Crippen LogP contribution in [0.2, 0.25) is 0 Å². The van der Waals surface area contributed by atoms with Crippen LogP contribution in [0.3, 0.4) is 0 Å². The number of rotatable bonds is 4. The van der Waals surface area contributed by atoms with Crippen molar-refractivity contribution in [3.63, 3.8) is 0 Å². The van der Waals surface area contributed by atoms with Crippen LogP contribution in [-0.4, -0.2) is 50.2 Å². The van der Waals surface area contributed by atoms with Crippen molar-refractivity contribution in [1.29, 1.82) is 0 Å². The Hall–Kier alpha value is -0.610. The van der Waals surface area contributed by atoms with Crippen LogP contribution in [0.5, 0.6) is 0 Å². The summed E-state index contributed by atoms with van der Waals surface area (Å²) < 4.78 is 5.24. The Labute approximate surface area is 104 Å². The van der Waals surface area contributed by atoms with Crippen molar-refractivity contribution in [3.05, 3.63) is 0 Å². The van der Waals surface area contributed by atoms with Gasteiger partial charge >= 0.3 is 0 Å². The average molecular weight is 240 g/mol. The molecule has 4 nitrogen and oxygen atoms in total. The van der Waals surface area contributed by atoms with Crippen molar-refractivity contribution in [2.75, 3.05) is 39.4 Å². The van der Waals surface area contributed by atoms with Gasteiger partial charge in [0.2, 0.25) is 5.91 Å². The summed E-state index contributed by atoms with van der Waals surface area (Å²) in [6.07, 6.45) is 2.87. The second kappa shape index (κ2) is 6.36. The Kier molecular flexibility index (Phi) is 4.80. The zero-order valence-electron chi connectivity index (χ0n) is 10.8. The Bertz CT molecular complexity index is 244. The molecule has 0 radical (unpaired) electrons. The molecular formula is C13H24N2O2. The van der Waals surface area contributed by atoms with Gasteiger partial charge in [0.25, 0.3) is 0 Å². The van der Waals surface area contributed by atoms with Crippen molar-refractivity contribution in [3.8, 4) is 0 Å². The third-order valence-corrected chi connectivity index (χ3v) is 4.04. The van der Waals surface area contributed by atoms with E-state index in [4.69, 9.17) is 4.74 Å². The van der Waals surface area contributed by atoms with Gasteiger partial charge in [0, 0.05) is 19.7 Å². The highest BCUT2D eigenvalue weighted by molar-refractivity contribution is 5.76. The lowest BCUT2D eigenvalue weighted by Crippen LogP contribution is -2.33. The number of hydrogen-bond acceptors (Lipinski definition) is 3. The summed E-state index contributed by atoms with van der Waals surface area (Å²) >= 11 is 0. The van der Waals surface area contributed by atoms with Crippen molar-refractivity contribution in [2.24, 2.45) is 11.8 Å². The van der Waals surface area contributed by atoms with Crippen molar-refractivity contribution in [2.45, 2.75) is 26.2 Å². The van der Waals surface area contributed by atoms with Crippen LogP contribution in [0.15, 0.2) is 0 Å². The maximum Gasteiger partial charge on any atom is 0.224 e. The molecule has 1 amide bonds. The molecule has 2 rings (SSSR count). The van der Waals surface area contributed by atoms with Gasteiger partial charge in [-0.25, -0.2) is 0 Å². The number of carbonyl (C=O) groups excluding carboxylic acids is 1. The Balaban J connectivity index is 1.76. The summed E-state index contributed by atoms with van der Waals surface area (Å²) in [6, 6.07) is 0. The predicted molar refractivity (Wildman–Crippen MR) is 66.8 cm³/mol. The van der Waals surface area contributed by atoms with Gasteiger partial charge in [-0.05, 0) is 44.7 Å². The van der Waals surface area contributed by atoms with Gasteiger partial charge < -0.3 is 15.0 Å². The van der Waals surface area contributed by atoms with Gasteiger partial charge in [0.1, 0.15) is 0 Å². The smallest absolute Gasteiger partial charge is 0.224 e. The molecule has 2 atom stereocenters. The zero-order chi connectivity index (χ0) is 12.1. The minimum atomic E-state index is 0.270. The van der Waals surface area contributed by atoms with Crippen LogP contribution in [0, 0.1) is 11.8 Å². The number of likely N-dealkylation sites (tertiary alicyclic amines) is 1. The second-order valence-electron chi connectivity index (χ2n) is 5.08. The summed E-state index contributed by atoms with van der Waals surface area (Å²) in [5.41, 5.74) is 0. The fraction of sp³-hybridized carbons (Fsp3) is 0.923. The second-order valence-corrected chi connectivity index (χ2v) is 5.08. The quantitative estimate of drug-likeness (QED) is 0.741. The molecule has 98 valence electrons. The number of amides is 1. The molecule has 2 heterocycles. The van der Waals surface area contributed by atoms with Crippen LogP contribution in [0.25, 0.3) is 0 Å². The fourth-order valence-electron chi connectivity index (χ4n) is 2.93. The topological polar surface area (TPSA) is 41.6 Å². The van der Waals surface area contributed by atoms with E-state index in [2.05, 4.69) is 5.32 Å². The Morgan fingerprint density at radius 2 is 1.94 bits per heavy atom. The van der Waals surface area contributed by atoms with E-state index in [0.29, 0.717) is 19.6 Å². The summed E-state index contributed by atoms with van der Waals surface area (Å²) in [7, 11) is 0. The van der Waals surface area contributed by atoms with Crippen LogP contribution in [0.1, 0.15) is 26.2 Å². The molecule has 0 aromatic rings. The SMILES string of the molecule is CCOCCC(=O)N1CC[C@@H]2CNC[C@@H]2CC1. The molecule has 0 aromatic carbocycles. The summed E-state index contributed by atoms with van der Waals surface area (Å²) in [5, 5.41) is 3.45. The molecule has 0 unspecified atom stereocenters. The molecule has 2 saturated heterocycles. The molecule has 0 aliphatic carbocycles. The van der Waals surface area contributed by atoms with Gasteiger partial charge in [-0.3, -0.25) is 4.79 Å². The largest absolute Gasteiger partial charge is 0.381 e. The highest BCUT2D eigenvalue weighted by Gasteiger charge is 2.31. The number of fused-ring (bicyclic) bond motifs is 1. The number of ether oxygens (including phenoxy) is 1. The molecule has 0 spiro atoms. The first kappa shape index (κ1) is 12.8. The molecule has 0 aromatic heterocycles. The minimum absolute atomic E-state index is 0.270. The third kappa shape index (κ3) is 3.42. The highest BCUT2D eigenvalue weighted by atomic mass is 16.5. The summed E-state index contributed by atoms with van der Waals surface area (Å²) in [4.78, 5) is 14.0. The molecular weight excluding hydrogens is 216 g/mol. The molecule has 17 heavy (non-hydrogen) atoms. The zero-order valence-corrected chi connectivity index (χ0v) is 10.8. The molecule has 1 N–H and O–H groups in total. The maximum absolute atomic E-state index is 12.0. The number of nitrogens with zero attached hydrogens (tertiary/aromatic N) is 1. The molecule has 4 heteroatoms. The predicted octanol–water partition coefficient (Wildman–Crippen LogP) is 0.871. The van der Waals surface area contributed by atoms with E-state index in [1.165, 1.54) is 0 Å². The third-order valence-electron chi connectivity index (χ3n) is 4.04. The molecule has 0 saturated carbocycles. The van der Waals surface area contributed by atoms with Gasteiger partial charge in [-0.2, -0.15) is 0 Å². The lowest BCUT2D eigenvalue weighted by molar-refractivity contribution is -0.132. The Morgan fingerprint density at radius 3 is 2.53 bits per heavy atom. The van der Waals surface area contributed by atoms with Crippen LogP contribution < -0.4 is 5.32 Å². The van der Waals surface area contributed by atoms with Gasteiger partial charge in [0.15, 0.2) is 0 Å². The summed E-state index contributed by atoms with van der Waals surface area (Å²) in [5.74, 6) is 1.85. The lowest BCUT2D eigenvalue weighted by atomic mass is 9.92. The van der Waals surface area contributed by atoms with E-state index >= 15 is 0 Å². The lowest BCUT2D eigenvalue weighted by Gasteiger charge is -2.20. The van der Waals surface area contributed by atoms with E-state index in [1.54, 1.807) is 0 Å². The molecule has 2 fully saturated rings. The van der Waals surface area contributed by atoms with Crippen molar-refractivity contribution >= 4 is 5.91 Å². The molecule has 2 aliphatic heterocycles. The average Bonchev–Trinajstić information content (AvgIpc) is 2.68. The van der Waals surface area contributed by atoms with Gasteiger partial charge in [-0.15, -0.1) is 0 Å². The Morgan fingerprint density at radius 1 is 1.29 bits per heavy atom. The maximum atomic E-state index is 12.0. The summed E-state index contributed by atoms with van der Waals surface area (Å²) in [6.45, 7) is 7.40. The number of nitrogens with one attached hydrogen (secondary N) is 1. The minimum Gasteiger partial charge on any atom is -0.381 e. The highest BCUT2D eigenvalue weighted by Crippen LogP contribution is 2.27. The van der Waals surface area contributed by atoms with Crippen LogP contribution in [0.4, 0.5) is 0 Å². The van der Waals surface area contributed by atoms with Gasteiger partial charge in [0.05, 0.1) is 13.0 Å². The number of hydrogen-bond donors (Lipinski definition) is 1. The molecule has 0 bridgehead atoms. The van der Waals surface area contributed by atoms with E-state index in [1.807, 2.05) is 11.8 Å². The normalized spacial score (nSPS) is 28.9. The van der Waals surface area contributed by atoms with E-state index < -0.39 is 0 Å². The van der Waals surface area contributed by atoms with Gasteiger partial charge in [-0.1, -0.05) is 0 Å². The van der Waals surface area contributed by atoms with E-state index in [9.17, 15) is 4.79 Å². The first-order chi connectivity index (χ1) is 8.31. The van der Waals surface area contributed by atoms with E-state index in [0.717, 1.165) is 50.9 Å².